The van der Waals surface area contributed by atoms with Gasteiger partial charge in [0.25, 0.3) is 0 Å². The van der Waals surface area contributed by atoms with Gasteiger partial charge in [-0.3, -0.25) is 0 Å². The second-order valence-corrected chi connectivity index (χ2v) is 32.1. The van der Waals surface area contributed by atoms with Gasteiger partial charge in [0.1, 0.15) is 72.2 Å². The van der Waals surface area contributed by atoms with Gasteiger partial charge in [0.15, 0.2) is 0 Å². The molecule has 12 heteroatoms. The second-order valence-electron chi connectivity index (χ2n) is 32.1. The lowest BCUT2D eigenvalue weighted by atomic mass is 9.74. The molecule has 1 aliphatic rings. The average molecular weight is 1450 g/mol. The van der Waals surface area contributed by atoms with E-state index >= 15 is 0 Å². The summed E-state index contributed by atoms with van der Waals surface area (Å²) in [5.41, 5.74) is 6.85. The minimum absolute atomic E-state index is 0.0255. The Hall–Kier alpha value is -4.88. The Bertz CT molecular complexity index is 2490. The molecular formula is C92H160N4O8+4. The van der Waals surface area contributed by atoms with Crippen molar-refractivity contribution in [1.29, 1.82) is 0 Å². The van der Waals surface area contributed by atoms with Crippen LogP contribution in [-0.2, 0) is 26.2 Å². The lowest BCUT2D eigenvalue weighted by molar-refractivity contribution is -0.910. The molecule has 1 aliphatic carbocycles. The van der Waals surface area contributed by atoms with Gasteiger partial charge in [-0.1, -0.05) is 259 Å². The summed E-state index contributed by atoms with van der Waals surface area (Å²) in [6.07, 6.45) is 42.7. The summed E-state index contributed by atoms with van der Waals surface area (Å²) in [4.78, 5) is 4.75. The normalized spacial score (nSPS) is 15.5. The fourth-order valence-electron chi connectivity index (χ4n) is 17.4. The number of nitrogens with one attached hydrogen (secondary N) is 4. The third kappa shape index (κ3) is 26.8. The highest BCUT2D eigenvalue weighted by Gasteiger charge is 2.39. The molecule has 0 aromatic heterocycles. The van der Waals surface area contributed by atoms with E-state index in [1.807, 2.05) is 0 Å². The van der Waals surface area contributed by atoms with Crippen LogP contribution in [0.25, 0.3) is 0 Å². The number of phenolic OH excluding ortho intramolecular Hbond substituents is 8. The molecule has 0 aliphatic heterocycles. The van der Waals surface area contributed by atoms with Crippen molar-refractivity contribution >= 4 is 0 Å². The van der Waals surface area contributed by atoms with Crippen LogP contribution in [0.5, 0.6) is 46.0 Å². The molecule has 12 nitrogen and oxygen atoms in total. The third-order valence-corrected chi connectivity index (χ3v) is 24.8. The molecule has 0 spiro atoms. The van der Waals surface area contributed by atoms with E-state index < -0.39 is 23.7 Å². The van der Waals surface area contributed by atoms with Crippen molar-refractivity contribution in [3.05, 3.63) is 91.0 Å². The Morgan fingerprint density at radius 3 is 0.442 bits per heavy atom. The first-order valence-corrected chi connectivity index (χ1v) is 44.2. The molecule has 0 atom stereocenters. The zero-order chi connectivity index (χ0) is 75.8. The van der Waals surface area contributed by atoms with Crippen LogP contribution < -0.4 is 19.6 Å². The molecule has 0 saturated carbocycles. The Labute approximate surface area is 636 Å². The zero-order valence-corrected chi connectivity index (χ0v) is 69.0. The van der Waals surface area contributed by atoms with Crippen molar-refractivity contribution in [1.82, 2.24) is 0 Å². The summed E-state index contributed by atoms with van der Waals surface area (Å²) in [6.45, 7) is 33.7. The molecule has 4 aromatic rings. The van der Waals surface area contributed by atoms with E-state index in [1.165, 1.54) is 148 Å². The number of hydrogen-bond donors (Lipinski definition) is 12. The molecule has 5 rings (SSSR count). The first-order valence-electron chi connectivity index (χ1n) is 44.2. The van der Waals surface area contributed by atoms with Gasteiger partial charge >= 0.3 is 0 Å². The minimum atomic E-state index is -0.610. The van der Waals surface area contributed by atoms with E-state index in [2.05, 4.69) is 107 Å². The SMILES string of the molecule is CCCCCCCCCCCC1c2cc(c(O)c(C[NH+](CC)CC)c2O)C(CCCCCCCCCCC)c2cc(c(O)c(C[NH+](CC)CC)c2O)C(CCCCCCCCCCC)c2cc(c(O)c(C[NH+](CC)CC)c2O)C(CCCCCCCCCCC)c2cc1c(O)c(C[NH+](CC)CC)c2O. The van der Waals surface area contributed by atoms with Crippen LogP contribution in [0.4, 0.5) is 0 Å². The molecule has 12 N–H and O–H groups in total. The fraction of sp³-hybridized carbons (Fsp3) is 0.739. The van der Waals surface area contributed by atoms with Crippen molar-refractivity contribution in [3.8, 4) is 46.0 Å². The Kier molecular flexibility index (Phi) is 43.7. The summed E-state index contributed by atoms with van der Waals surface area (Å²) in [5.74, 6) is -2.24. The average Bonchev–Trinajstić information content (AvgIpc) is 0.738. The Balaban J connectivity index is 2.10. The molecule has 0 heterocycles. The van der Waals surface area contributed by atoms with Gasteiger partial charge in [-0.2, -0.15) is 0 Å². The smallest absolute Gasteiger partial charge is 0.132 e. The van der Waals surface area contributed by atoms with Crippen molar-refractivity contribution in [2.24, 2.45) is 0 Å². The number of benzene rings is 4. The van der Waals surface area contributed by atoms with Crippen LogP contribution in [0.2, 0.25) is 0 Å². The molecule has 592 valence electrons. The van der Waals surface area contributed by atoms with Gasteiger partial charge < -0.3 is 60.5 Å². The van der Waals surface area contributed by atoms with Crippen molar-refractivity contribution < 1.29 is 60.5 Å². The van der Waals surface area contributed by atoms with Gasteiger partial charge in [0.05, 0.1) is 74.6 Å². The van der Waals surface area contributed by atoms with Gasteiger partial charge in [-0.05, 0) is 105 Å². The maximum Gasteiger partial charge on any atom is 0.132 e. The first-order chi connectivity index (χ1) is 50.5. The molecule has 0 fully saturated rings. The van der Waals surface area contributed by atoms with Gasteiger partial charge in [0, 0.05) is 68.2 Å². The summed E-state index contributed by atoms with van der Waals surface area (Å²) < 4.78 is 0. The van der Waals surface area contributed by atoms with Gasteiger partial charge in [-0.15, -0.1) is 0 Å². The topological polar surface area (TPSA) is 180 Å². The van der Waals surface area contributed by atoms with E-state index in [0.717, 1.165) is 155 Å². The minimum Gasteiger partial charge on any atom is -0.507 e. The van der Waals surface area contributed by atoms with Crippen LogP contribution in [0.3, 0.4) is 0 Å². The molecule has 8 bridgehead atoms. The number of quaternary nitrogens is 4. The summed E-state index contributed by atoms with van der Waals surface area (Å²) in [5, 5.41) is 109. The summed E-state index contributed by atoms with van der Waals surface area (Å²) in [7, 11) is 0. The molecule has 0 saturated heterocycles. The third-order valence-electron chi connectivity index (χ3n) is 24.8. The summed E-state index contributed by atoms with van der Waals surface area (Å²) in [6, 6.07) is 8.22. The van der Waals surface area contributed by atoms with E-state index in [9.17, 15) is 40.9 Å². The quantitative estimate of drug-likeness (QED) is 0.0193. The highest BCUT2D eigenvalue weighted by molar-refractivity contribution is 5.67. The summed E-state index contributed by atoms with van der Waals surface area (Å²) >= 11 is 0. The van der Waals surface area contributed by atoms with E-state index in [0.29, 0.717) is 119 Å². The van der Waals surface area contributed by atoms with Gasteiger partial charge in [-0.25, -0.2) is 0 Å². The van der Waals surface area contributed by atoms with Crippen LogP contribution in [0, 0.1) is 0 Å². The number of hydrogen-bond acceptors (Lipinski definition) is 8. The molecule has 0 amide bonds. The van der Waals surface area contributed by atoms with Crippen molar-refractivity contribution in [2.75, 3.05) is 52.4 Å². The molecule has 104 heavy (non-hydrogen) atoms. The van der Waals surface area contributed by atoms with E-state index in [-0.39, 0.29) is 46.0 Å². The van der Waals surface area contributed by atoms with Crippen LogP contribution >= 0.6 is 0 Å². The van der Waals surface area contributed by atoms with Gasteiger partial charge in [0.2, 0.25) is 0 Å². The predicted octanol–water partition coefficient (Wildman–Crippen LogP) is 19.6. The maximum absolute atomic E-state index is 13.7. The highest BCUT2D eigenvalue weighted by Crippen LogP contribution is 2.56. The molecule has 4 aromatic carbocycles. The second kappa shape index (κ2) is 50.7. The van der Waals surface area contributed by atoms with E-state index in [4.69, 9.17) is 0 Å². The van der Waals surface area contributed by atoms with Crippen LogP contribution in [0.1, 0.15) is 430 Å². The first kappa shape index (κ1) is 89.7. The molecule has 0 radical (unpaired) electrons. The molecular weight excluding hydrogens is 1290 g/mol. The lowest BCUT2D eigenvalue weighted by Crippen LogP contribution is -3.10. The van der Waals surface area contributed by atoms with Crippen LogP contribution in [0.15, 0.2) is 24.3 Å². The number of fused-ring (bicyclic) bond motifs is 8. The molecule has 0 unspecified atom stereocenters. The standard InChI is InChI=1S/C92H156N4O8/c1-13-25-29-33-37-41-45-49-53-57-69-73-61-75(87(99)81(85(73)97)65-93(17-5)18-6)70(58-54-50-46-42-38-34-30-26-14-2)77-63-79(91(103)83(89(77)101)67-95(21-9)22-10)72(60-56-52-48-44-40-36-32-28-16-4)80-64-78(90(102)84(92(80)104)68-96(23-11)24-12)71(59-55-51-47-43-39-35-31-27-15-3)76-62-74(69)86(98)82(88(76)100)66-94(19-7)20-8/h61-64,69-72,97-104H,13-60,65-68H2,1-12H3/p+4. The monoisotopic (exact) mass is 1450 g/mol. The predicted molar refractivity (Wildman–Crippen MR) is 437 cm³/mol. The van der Waals surface area contributed by atoms with Crippen LogP contribution in [-0.4, -0.2) is 93.2 Å². The fourth-order valence-corrected chi connectivity index (χ4v) is 17.4. The lowest BCUT2D eigenvalue weighted by Gasteiger charge is -2.32. The maximum atomic E-state index is 13.7. The highest BCUT2D eigenvalue weighted by atomic mass is 16.3. The Morgan fingerprint density at radius 2 is 0.317 bits per heavy atom. The number of phenols is 8. The van der Waals surface area contributed by atoms with Crippen molar-refractivity contribution in [3.63, 3.8) is 0 Å². The van der Waals surface area contributed by atoms with Crippen molar-refractivity contribution in [2.45, 2.75) is 390 Å². The number of unbranched alkanes of at least 4 members (excludes halogenated alkanes) is 32. The number of aromatic hydroxyl groups is 8. The zero-order valence-electron chi connectivity index (χ0n) is 69.0. The largest absolute Gasteiger partial charge is 0.507 e. The van der Waals surface area contributed by atoms with E-state index in [1.54, 1.807) is 0 Å². The number of rotatable bonds is 56. The Morgan fingerprint density at radius 1 is 0.192 bits per heavy atom.